The summed E-state index contributed by atoms with van der Waals surface area (Å²) in [6, 6.07) is 5.15. The maximum Gasteiger partial charge on any atom is 0.319 e. The molecule has 0 saturated heterocycles. The largest absolute Gasteiger partial charge is 0.338 e. The van der Waals surface area contributed by atoms with Gasteiger partial charge in [-0.3, -0.25) is 0 Å². The van der Waals surface area contributed by atoms with Gasteiger partial charge in [-0.25, -0.2) is 9.59 Å². The first kappa shape index (κ1) is 47.8. The number of amides is 4. The van der Waals surface area contributed by atoms with Crippen LogP contribution in [0.25, 0.3) is 0 Å². The van der Waals surface area contributed by atoms with Crippen molar-refractivity contribution in [2.75, 3.05) is 23.7 Å². The average Bonchev–Trinajstić information content (AvgIpc) is 2.92. The van der Waals surface area contributed by atoms with Crippen molar-refractivity contribution in [2.24, 2.45) is 55.2 Å². The predicted octanol–water partition coefficient (Wildman–Crippen LogP) is 13.7. The van der Waals surface area contributed by atoms with Crippen LogP contribution in [0, 0.1) is 62.1 Å². The lowest BCUT2D eigenvalue weighted by Crippen LogP contribution is -2.44. The Bertz CT molecular complexity index is 1320. The second kappa shape index (κ2) is 17.1. The molecule has 6 heteroatoms. The third-order valence-electron chi connectivity index (χ3n) is 15.0. The Morgan fingerprint density at radius 1 is 0.577 bits per heavy atom. The molecule has 6 nitrogen and oxygen atoms in total. The highest BCUT2D eigenvalue weighted by molar-refractivity contribution is 5.93. The SMILES string of the molecule is Cc1ccc(NC(=O)NCCC(C)CC(C)(C)C(C)(C)CC(C)(C)C(C)(C)C)cc1NC(=O)NCCC(C)C(C)(C)C(C)(C)CC(C)(C)C(C)(C)C. The molecule has 0 aromatic heterocycles. The third kappa shape index (κ3) is 13.0. The third-order valence-corrected chi connectivity index (χ3v) is 15.0. The maximum atomic E-state index is 13.0. The summed E-state index contributed by atoms with van der Waals surface area (Å²) in [6.45, 7) is 50.6. The molecule has 4 amide bonds. The molecule has 4 N–H and O–H groups in total. The van der Waals surface area contributed by atoms with Crippen molar-refractivity contribution in [3.8, 4) is 0 Å². The van der Waals surface area contributed by atoms with E-state index in [1.54, 1.807) is 0 Å². The van der Waals surface area contributed by atoms with Crippen molar-refractivity contribution < 1.29 is 9.59 Å². The summed E-state index contributed by atoms with van der Waals surface area (Å²) < 4.78 is 0. The number of carbonyl (C=O) groups is 2. The van der Waals surface area contributed by atoms with Crippen LogP contribution in [0.3, 0.4) is 0 Å². The second-order valence-corrected chi connectivity index (χ2v) is 22.6. The molecule has 0 aliphatic rings. The molecular formula is C46H86N4O2. The fourth-order valence-electron chi connectivity index (χ4n) is 7.50. The summed E-state index contributed by atoms with van der Waals surface area (Å²) >= 11 is 0. The molecule has 0 spiro atoms. The minimum absolute atomic E-state index is 0.0831. The zero-order valence-electron chi connectivity index (χ0n) is 38.2. The molecule has 1 rings (SSSR count). The summed E-state index contributed by atoms with van der Waals surface area (Å²) in [5.41, 5.74) is 3.68. The first-order valence-corrected chi connectivity index (χ1v) is 20.3. The average molecular weight is 727 g/mol. The van der Waals surface area contributed by atoms with Gasteiger partial charge in [0.25, 0.3) is 0 Å². The lowest BCUT2D eigenvalue weighted by molar-refractivity contribution is -0.0270. The molecule has 0 radical (unpaired) electrons. The van der Waals surface area contributed by atoms with Crippen molar-refractivity contribution in [3.63, 3.8) is 0 Å². The Morgan fingerprint density at radius 3 is 1.50 bits per heavy atom. The van der Waals surface area contributed by atoms with Gasteiger partial charge >= 0.3 is 12.1 Å². The number of nitrogens with one attached hydrogen (secondary N) is 4. The molecule has 1 aromatic carbocycles. The Hall–Kier alpha value is -2.24. The van der Waals surface area contributed by atoms with E-state index in [9.17, 15) is 9.59 Å². The number of carbonyl (C=O) groups excluding carboxylic acids is 2. The van der Waals surface area contributed by atoms with Gasteiger partial charge in [-0.15, -0.1) is 0 Å². The fourth-order valence-corrected chi connectivity index (χ4v) is 7.50. The number of hydrogen-bond acceptors (Lipinski definition) is 2. The van der Waals surface area contributed by atoms with Crippen LogP contribution in [0.2, 0.25) is 0 Å². The zero-order chi connectivity index (χ0) is 40.9. The number of benzene rings is 1. The molecule has 2 atom stereocenters. The van der Waals surface area contributed by atoms with E-state index in [-0.39, 0.29) is 55.4 Å². The molecule has 0 fully saturated rings. The number of hydrogen-bond donors (Lipinski definition) is 4. The van der Waals surface area contributed by atoms with E-state index in [1.807, 2.05) is 25.1 Å². The van der Waals surface area contributed by atoms with E-state index in [2.05, 4.69) is 160 Å². The quantitative estimate of drug-likeness (QED) is 0.129. The zero-order valence-corrected chi connectivity index (χ0v) is 38.2. The standard InChI is InChI=1S/C46H86N4O2/c1-32(29-41(10,11)44(16,17)30-42(12,13)39(4,5)6)24-26-47-37(51)49-35-23-22-33(2)36(28-35)50-38(52)48-27-25-34(3)46(20,21)45(18,19)31-43(14,15)40(7,8)9/h22-23,28,32,34H,24-27,29-31H2,1-21H3,(H2,47,49,51)(H2,48,50,52). The Labute approximate surface area is 323 Å². The van der Waals surface area contributed by atoms with Crippen LogP contribution in [0.4, 0.5) is 21.0 Å². The minimum Gasteiger partial charge on any atom is -0.338 e. The van der Waals surface area contributed by atoms with Crippen LogP contribution in [0.5, 0.6) is 0 Å². The summed E-state index contributed by atoms with van der Waals surface area (Å²) in [7, 11) is 0. The minimum atomic E-state index is -0.233. The Balaban J connectivity index is 2.69. The highest BCUT2D eigenvalue weighted by Gasteiger charge is 2.47. The van der Waals surface area contributed by atoms with Gasteiger partial charge in [-0.1, -0.05) is 145 Å². The van der Waals surface area contributed by atoms with Gasteiger partial charge in [-0.2, -0.15) is 0 Å². The molecular weight excluding hydrogens is 641 g/mol. The van der Waals surface area contributed by atoms with Crippen molar-refractivity contribution in [2.45, 2.75) is 178 Å². The smallest absolute Gasteiger partial charge is 0.319 e. The van der Waals surface area contributed by atoms with Gasteiger partial charge in [0.05, 0.1) is 0 Å². The van der Waals surface area contributed by atoms with Crippen molar-refractivity contribution in [1.82, 2.24) is 10.6 Å². The molecule has 0 heterocycles. The first-order chi connectivity index (χ1) is 23.1. The maximum absolute atomic E-state index is 13.0. The topological polar surface area (TPSA) is 82.3 Å². The van der Waals surface area contributed by atoms with Gasteiger partial charge in [0.15, 0.2) is 0 Å². The van der Waals surface area contributed by atoms with Crippen LogP contribution in [0.15, 0.2) is 18.2 Å². The lowest BCUT2D eigenvalue weighted by atomic mass is 9.53. The number of aryl methyl sites for hydroxylation is 1. The van der Waals surface area contributed by atoms with Crippen LogP contribution in [-0.4, -0.2) is 25.2 Å². The van der Waals surface area contributed by atoms with E-state index in [4.69, 9.17) is 0 Å². The predicted molar refractivity (Wildman–Crippen MR) is 228 cm³/mol. The van der Waals surface area contributed by atoms with Crippen LogP contribution >= 0.6 is 0 Å². The van der Waals surface area contributed by atoms with Gasteiger partial charge in [0.1, 0.15) is 0 Å². The summed E-state index contributed by atoms with van der Waals surface area (Å²) in [5, 5.41) is 12.1. The highest BCUT2D eigenvalue weighted by atomic mass is 16.2. The highest BCUT2D eigenvalue weighted by Crippen LogP contribution is 2.56. The van der Waals surface area contributed by atoms with Gasteiger partial charge in [0, 0.05) is 24.5 Å². The monoisotopic (exact) mass is 727 g/mol. The van der Waals surface area contributed by atoms with E-state index in [0.717, 1.165) is 37.7 Å². The van der Waals surface area contributed by atoms with E-state index >= 15 is 0 Å². The van der Waals surface area contributed by atoms with Gasteiger partial charge in [0.2, 0.25) is 0 Å². The Morgan fingerprint density at radius 2 is 1.02 bits per heavy atom. The molecule has 302 valence electrons. The van der Waals surface area contributed by atoms with Gasteiger partial charge < -0.3 is 21.3 Å². The Kier molecular flexibility index (Phi) is 15.7. The second-order valence-electron chi connectivity index (χ2n) is 22.6. The number of urea groups is 2. The molecule has 1 aromatic rings. The number of rotatable bonds is 17. The molecule has 0 aliphatic heterocycles. The van der Waals surface area contributed by atoms with Gasteiger partial charge in [-0.05, 0) is 112 Å². The molecule has 0 bridgehead atoms. The molecule has 52 heavy (non-hydrogen) atoms. The van der Waals surface area contributed by atoms with Crippen LogP contribution in [0.1, 0.15) is 176 Å². The molecule has 0 saturated carbocycles. The molecule has 0 aliphatic carbocycles. The summed E-state index contributed by atoms with van der Waals surface area (Å²) in [5.74, 6) is 0.890. The van der Waals surface area contributed by atoms with E-state index in [0.29, 0.717) is 36.3 Å². The van der Waals surface area contributed by atoms with Crippen molar-refractivity contribution in [1.29, 1.82) is 0 Å². The van der Waals surface area contributed by atoms with E-state index in [1.165, 1.54) is 0 Å². The van der Waals surface area contributed by atoms with Crippen LogP contribution < -0.4 is 21.3 Å². The summed E-state index contributed by atoms with van der Waals surface area (Å²) in [4.78, 5) is 25.8. The number of anilines is 2. The van der Waals surface area contributed by atoms with E-state index < -0.39 is 0 Å². The van der Waals surface area contributed by atoms with Crippen molar-refractivity contribution >= 4 is 23.4 Å². The fraction of sp³-hybridized carbons (Fsp3) is 0.826. The van der Waals surface area contributed by atoms with Crippen molar-refractivity contribution in [3.05, 3.63) is 23.8 Å². The first-order valence-electron chi connectivity index (χ1n) is 20.3. The summed E-state index contributed by atoms with van der Waals surface area (Å²) in [6.07, 6.45) is 5.19. The lowest BCUT2D eigenvalue weighted by Gasteiger charge is -2.52. The van der Waals surface area contributed by atoms with Crippen LogP contribution in [-0.2, 0) is 0 Å². The normalized spacial score (nSPS) is 15.2. The molecule has 2 unspecified atom stereocenters.